The maximum absolute atomic E-state index is 14.0. The molecule has 0 aliphatic heterocycles. The summed E-state index contributed by atoms with van der Waals surface area (Å²) in [5.41, 5.74) is 0.133. The van der Waals surface area contributed by atoms with E-state index >= 15 is 0 Å². The number of ketones is 1. The van der Waals surface area contributed by atoms with Gasteiger partial charge in [-0.15, -0.1) is 10.2 Å². The number of esters is 1. The number of hydrogen-bond donors (Lipinski definition) is 0. The molecule has 0 unspecified atom stereocenters. The Morgan fingerprint density at radius 3 is 1.66 bits per heavy atom. The van der Waals surface area contributed by atoms with Crippen LogP contribution in [0.4, 0.5) is 0 Å². The van der Waals surface area contributed by atoms with E-state index in [9.17, 15) is 9.59 Å². The van der Waals surface area contributed by atoms with Gasteiger partial charge in [0.25, 0.3) is 0 Å². The number of carbonyl (C=O) groups excluding carboxylic acids is 2. The Balaban J connectivity index is 1.93. The predicted octanol–water partition coefficient (Wildman–Crippen LogP) is 3.97. The highest BCUT2D eigenvalue weighted by molar-refractivity contribution is 6.06. The quantitative estimate of drug-likeness (QED) is 0.282. The van der Waals surface area contributed by atoms with Crippen molar-refractivity contribution in [1.82, 2.24) is 30.0 Å². The van der Waals surface area contributed by atoms with Crippen molar-refractivity contribution >= 4 is 11.8 Å². The van der Waals surface area contributed by atoms with Crippen LogP contribution in [0, 0.1) is 5.41 Å². The fraction of sp³-hybridized carbons (Fsp3) is 0.308. The highest BCUT2D eigenvalue weighted by Crippen LogP contribution is 2.31. The highest BCUT2D eigenvalue weighted by Gasteiger charge is 2.54. The Labute approximate surface area is 203 Å². The standard InChI is InChI=1S/C26H28N6O3/c1-5-35-24(34)26(23(33)16-25(2,3)4,31-17-21(27-29-31)19-12-8-6-9-13-19)32-18-22(28-30-32)20-14-10-7-11-15-20/h6-15,17-18H,5,16H2,1-4H3. The molecule has 2 aromatic carbocycles. The van der Waals surface area contributed by atoms with Crippen LogP contribution in [0.25, 0.3) is 22.5 Å². The topological polar surface area (TPSA) is 105 Å². The first-order valence-corrected chi connectivity index (χ1v) is 11.4. The summed E-state index contributed by atoms with van der Waals surface area (Å²) in [5.74, 6) is -1.24. The molecule has 0 aliphatic carbocycles. The fourth-order valence-electron chi connectivity index (χ4n) is 3.82. The average molecular weight is 473 g/mol. The molecule has 9 nitrogen and oxygen atoms in total. The van der Waals surface area contributed by atoms with Crippen molar-refractivity contribution in [3.8, 4) is 22.5 Å². The molecule has 4 aromatic rings. The molecular formula is C26H28N6O3. The van der Waals surface area contributed by atoms with Crippen molar-refractivity contribution in [2.45, 2.75) is 39.8 Å². The third kappa shape index (κ3) is 4.75. The van der Waals surface area contributed by atoms with E-state index in [-0.39, 0.29) is 13.0 Å². The van der Waals surface area contributed by atoms with Crippen LogP contribution in [0.5, 0.6) is 0 Å². The number of ether oxygens (including phenoxy) is 1. The van der Waals surface area contributed by atoms with Crippen LogP contribution in [0.15, 0.2) is 73.1 Å². The van der Waals surface area contributed by atoms with Crippen molar-refractivity contribution in [3.05, 3.63) is 73.1 Å². The summed E-state index contributed by atoms with van der Waals surface area (Å²) in [4.78, 5) is 27.7. The SMILES string of the molecule is CCOC(=O)C(C(=O)CC(C)(C)C)(n1cc(-c2ccccc2)nn1)n1cc(-c2ccccc2)nn1. The van der Waals surface area contributed by atoms with Crippen LogP contribution < -0.4 is 0 Å². The maximum Gasteiger partial charge on any atom is 0.365 e. The number of nitrogens with zero attached hydrogens (tertiary/aromatic N) is 6. The van der Waals surface area contributed by atoms with E-state index in [2.05, 4.69) is 20.6 Å². The van der Waals surface area contributed by atoms with Gasteiger partial charge in [-0.25, -0.2) is 14.2 Å². The second kappa shape index (κ2) is 9.61. The summed E-state index contributed by atoms with van der Waals surface area (Å²) in [7, 11) is 0. The lowest BCUT2D eigenvalue weighted by Crippen LogP contribution is -2.57. The third-order valence-electron chi connectivity index (χ3n) is 5.43. The number of aromatic nitrogens is 6. The van der Waals surface area contributed by atoms with Crippen LogP contribution in [-0.2, 0) is 20.0 Å². The molecular weight excluding hydrogens is 444 g/mol. The predicted molar refractivity (Wildman–Crippen MR) is 130 cm³/mol. The summed E-state index contributed by atoms with van der Waals surface area (Å²) in [6.45, 7) is 7.53. The summed E-state index contributed by atoms with van der Waals surface area (Å²) >= 11 is 0. The second-order valence-corrected chi connectivity index (χ2v) is 9.38. The van der Waals surface area contributed by atoms with Crippen LogP contribution in [0.3, 0.4) is 0 Å². The van der Waals surface area contributed by atoms with Crippen molar-refractivity contribution in [2.75, 3.05) is 6.61 Å². The zero-order chi connectivity index (χ0) is 25.1. The van der Waals surface area contributed by atoms with Crippen molar-refractivity contribution in [2.24, 2.45) is 5.41 Å². The Morgan fingerprint density at radius 2 is 1.26 bits per heavy atom. The zero-order valence-corrected chi connectivity index (χ0v) is 20.3. The molecule has 0 N–H and O–H groups in total. The van der Waals surface area contributed by atoms with Gasteiger partial charge >= 0.3 is 11.6 Å². The molecule has 0 radical (unpaired) electrons. The monoisotopic (exact) mass is 472 g/mol. The van der Waals surface area contributed by atoms with Gasteiger partial charge in [-0.2, -0.15) is 0 Å². The lowest BCUT2D eigenvalue weighted by molar-refractivity contribution is -0.163. The number of Topliss-reactive ketones (excluding diaryl/α,β-unsaturated/α-hetero) is 1. The molecule has 9 heteroatoms. The van der Waals surface area contributed by atoms with E-state index in [1.807, 2.05) is 81.4 Å². The summed E-state index contributed by atoms with van der Waals surface area (Å²) in [6, 6.07) is 18.8. The molecule has 0 bridgehead atoms. The van der Waals surface area contributed by atoms with Crippen LogP contribution >= 0.6 is 0 Å². The molecule has 0 saturated carbocycles. The first kappa shape index (κ1) is 24.0. The largest absolute Gasteiger partial charge is 0.462 e. The molecule has 0 saturated heterocycles. The molecule has 0 spiro atoms. The van der Waals surface area contributed by atoms with Gasteiger partial charge in [-0.05, 0) is 12.3 Å². The van der Waals surface area contributed by atoms with Gasteiger partial charge in [0.2, 0.25) is 0 Å². The van der Waals surface area contributed by atoms with Crippen molar-refractivity contribution < 1.29 is 14.3 Å². The van der Waals surface area contributed by atoms with Gasteiger partial charge in [-0.1, -0.05) is 91.9 Å². The number of carbonyl (C=O) groups is 2. The van der Waals surface area contributed by atoms with Crippen LogP contribution in [-0.4, -0.2) is 48.3 Å². The first-order valence-electron chi connectivity index (χ1n) is 11.4. The molecule has 0 amide bonds. The van der Waals surface area contributed by atoms with Crippen molar-refractivity contribution in [3.63, 3.8) is 0 Å². The van der Waals surface area contributed by atoms with Gasteiger partial charge < -0.3 is 4.74 Å². The zero-order valence-electron chi connectivity index (χ0n) is 20.3. The lowest BCUT2D eigenvalue weighted by atomic mass is 9.85. The van der Waals surface area contributed by atoms with Crippen LogP contribution in [0.2, 0.25) is 0 Å². The van der Waals surface area contributed by atoms with Crippen molar-refractivity contribution in [1.29, 1.82) is 0 Å². The van der Waals surface area contributed by atoms with Crippen LogP contribution in [0.1, 0.15) is 34.1 Å². The Morgan fingerprint density at radius 1 is 0.800 bits per heavy atom. The van der Waals surface area contributed by atoms with E-state index in [4.69, 9.17) is 4.74 Å². The van der Waals surface area contributed by atoms with Gasteiger partial charge in [0, 0.05) is 17.5 Å². The molecule has 0 fully saturated rings. The van der Waals surface area contributed by atoms with E-state index in [1.54, 1.807) is 19.3 Å². The van der Waals surface area contributed by atoms with E-state index in [1.165, 1.54) is 9.36 Å². The molecule has 0 aliphatic rings. The van der Waals surface area contributed by atoms with Gasteiger partial charge in [-0.3, -0.25) is 4.79 Å². The highest BCUT2D eigenvalue weighted by atomic mass is 16.5. The smallest absolute Gasteiger partial charge is 0.365 e. The lowest BCUT2D eigenvalue weighted by Gasteiger charge is -2.31. The first-order chi connectivity index (χ1) is 16.8. The molecule has 4 rings (SSSR count). The fourth-order valence-corrected chi connectivity index (χ4v) is 3.82. The second-order valence-electron chi connectivity index (χ2n) is 9.38. The average Bonchev–Trinajstić information content (AvgIpc) is 3.51. The van der Waals surface area contributed by atoms with Gasteiger partial charge in [0.05, 0.1) is 19.0 Å². The number of rotatable bonds is 8. The minimum Gasteiger partial charge on any atom is -0.462 e. The summed E-state index contributed by atoms with van der Waals surface area (Å²) in [6.07, 6.45) is 3.19. The Hall–Kier alpha value is -4.14. The normalized spacial score (nSPS) is 11.9. The number of hydrogen-bond acceptors (Lipinski definition) is 7. The summed E-state index contributed by atoms with van der Waals surface area (Å²) in [5, 5.41) is 17.0. The molecule has 180 valence electrons. The van der Waals surface area contributed by atoms with E-state index < -0.39 is 22.8 Å². The molecule has 2 aromatic heterocycles. The van der Waals surface area contributed by atoms with Gasteiger partial charge in [0.1, 0.15) is 11.4 Å². The minimum absolute atomic E-state index is 0.0624. The van der Waals surface area contributed by atoms with E-state index in [0.717, 1.165) is 11.1 Å². The molecule has 2 heterocycles. The third-order valence-corrected chi connectivity index (χ3v) is 5.43. The van der Waals surface area contributed by atoms with E-state index in [0.29, 0.717) is 11.4 Å². The molecule has 35 heavy (non-hydrogen) atoms. The Bertz CT molecular complexity index is 1230. The summed E-state index contributed by atoms with van der Waals surface area (Å²) < 4.78 is 7.93. The Kier molecular flexibility index (Phi) is 6.59. The molecule has 0 atom stereocenters. The minimum atomic E-state index is -2.05. The van der Waals surface area contributed by atoms with Gasteiger partial charge in [0.15, 0.2) is 5.78 Å². The maximum atomic E-state index is 14.0. The number of benzene rings is 2.